The van der Waals surface area contributed by atoms with Gasteiger partial charge in [0.25, 0.3) is 5.56 Å². The van der Waals surface area contributed by atoms with Crippen LogP contribution in [-0.2, 0) is 0 Å². The Hall–Kier alpha value is -2.43. The van der Waals surface area contributed by atoms with Crippen molar-refractivity contribution < 1.29 is 9.47 Å². The summed E-state index contributed by atoms with van der Waals surface area (Å²) < 4.78 is 11.8. The zero-order valence-corrected chi connectivity index (χ0v) is 15.6. The number of pyridine rings is 1. The molecule has 5 nitrogen and oxygen atoms in total. The number of fused-ring (bicyclic) bond motifs is 1. The molecule has 1 heterocycles. The molecule has 0 aliphatic carbocycles. The maximum Gasteiger partial charge on any atom is 0.294 e. The molecule has 2 aromatic rings. The summed E-state index contributed by atoms with van der Waals surface area (Å²) in [4.78, 5) is 15.5. The summed E-state index contributed by atoms with van der Waals surface area (Å²) >= 11 is 0. The maximum absolute atomic E-state index is 12.6. The van der Waals surface area contributed by atoms with Crippen LogP contribution >= 0.6 is 0 Å². The minimum Gasteiger partial charge on any atom is -0.485 e. The van der Waals surface area contributed by atoms with Crippen LogP contribution in [0.5, 0.6) is 11.5 Å². The number of anilines is 1. The van der Waals surface area contributed by atoms with Gasteiger partial charge in [0.15, 0.2) is 5.75 Å². The van der Waals surface area contributed by atoms with E-state index in [1.54, 1.807) is 0 Å². The first kappa shape index (κ1) is 18.9. The molecular formula is C20H28N2O3. The number of hydrogen-bond donors (Lipinski definition) is 2. The average molecular weight is 344 g/mol. The third kappa shape index (κ3) is 4.56. The highest BCUT2D eigenvalue weighted by Gasteiger charge is 2.17. The summed E-state index contributed by atoms with van der Waals surface area (Å²) in [5.41, 5.74) is 1.42. The largest absolute Gasteiger partial charge is 0.485 e. The molecule has 0 bridgehead atoms. The maximum atomic E-state index is 12.6. The molecule has 0 aliphatic rings. The van der Waals surface area contributed by atoms with Gasteiger partial charge in [0.05, 0.1) is 17.9 Å². The molecule has 0 unspecified atom stereocenters. The van der Waals surface area contributed by atoms with Crippen LogP contribution in [0, 0.1) is 0 Å². The first-order chi connectivity index (χ1) is 12.1. The number of H-pyrrole nitrogens is 1. The van der Waals surface area contributed by atoms with Crippen molar-refractivity contribution in [1.29, 1.82) is 0 Å². The molecule has 0 saturated carbocycles. The number of rotatable bonds is 9. The predicted molar refractivity (Wildman–Crippen MR) is 104 cm³/mol. The molecule has 0 fully saturated rings. The Bertz CT molecular complexity index is 793. The molecule has 0 saturated heterocycles. The summed E-state index contributed by atoms with van der Waals surface area (Å²) in [5, 5.41) is 4.09. The predicted octanol–water partition coefficient (Wildman–Crippen LogP) is 4.83. The van der Waals surface area contributed by atoms with Crippen LogP contribution in [0.3, 0.4) is 0 Å². The van der Waals surface area contributed by atoms with Gasteiger partial charge in [0.1, 0.15) is 0 Å². The van der Waals surface area contributed by atoms with Crippen molar-refractivity contribution in [2.45, 2.75) is 47.0 Å². The zero-order valence-electron chi connectivity index (χ0n) is 15.6. The second kappa shape index (κ2) is 9.16. The molecule has 1 aromatic heterocycles. The Morgan fingerprint density at radius 1 is 1.24 bits per heavy atom. The quantitative estimate of drug-likeness (QED) is 0.505. The second-order valence-corrected chi connectivity index (χ2v) is 5.82. The van der Waals surface area contributed by atoms with E-state index in [1.165, 1.54) is 0 Å². The van der Waals surface area contributed by atoms with Gasteiger partial charge in [-0.2, -0.15) is 0 Å². The molecule has 2 N–H and O–H groups in total. The van der Waals surface area contributed by atoms with E-state index in [0.29, 0.717) is 12.4 Å². The van der Waals surface area contributed by atoms with Crippen molar-refractivity contribution in [1.82, 2.24) is 4.98 Å². The Kier molecular flexibility index (Phi) is 6.92. The molecule has 1 aromatic carbocycles. The van der Waals surface area contributed by atoms with Gasteiger partial charge in [-0.15, -0.1) is 0 Å². The lowest BCUT2D eigenvalue weighted by Gasteiger charge is -2.16. The average Bonchev–Trinajstić information content (AvgIpc) is 2.61. The van der Waals surface area contributed by atoms with Gasteiger partial charge in [-0.05, 0) is 44.5 Å². The molecule has 136 valence electrons. The van der Waals surface area contributed by atoms with E-state index in [4.69, 9.17) is 9.47 Å². The molecule has 5 heteroatoms. The number of aromatic amines is 1. The van der Waals surface area contributed by atoms with E-state index in [1.807, 2.05) is 45.0 Å². The molecule has 25 heavy (non-hydrogen) atoms. The molecule has 0 atom stereocenters. The molecule has 0 amide bonds. The SMILES string of the molecule is CC=C(CC)Oc1c(OCCCC)c(=O)[nH]c2cc(NCC)ccc12. The fourth-order valence-corrected chi connectivity index (χ4v) is 2.58. The number of hydrogen-bond acceptors (Lipinski definition) is 4. The van der Waals surface area contributed by atoms with Crippen molar-refractivity contribution in [2.75, 3.05) is 18.5 Å². The molecule has 2 rings (SSSR count). The van der Waals surface area contributed by atoms with Crippen LogP contribution in [-0.4, -0.2) is 18.1 Å². The van der Waals surface area contributed by atoms with Gasteiger partial charge in [-0.25, -0.2) is 0 Å². The Morgan fingerprint density at radius 2 is 2.04 bits per heavy atom. The van der Waals surface area contributed by atoms with Crippen LogP contribution in [0.4, 0.5) is 5.69 Å². The minimum atomic E-state index is -0.265. The van der Waals surface area contributed by atoms with E-state index in [0.717, 1.165) is 48.2 Å². The second-order valence-electron chi connectivity index (χ2n) is 5.82. The number of allylic oxidation sites excluding steroid dienone is 2. The van der Waals surface area contributed by atoms with E-state index in [-0.39, 0.29) is 11.3 Å². The number of ether oxygens (including phenoxy) is 2. The molecule has 0 aliphatic heterocycles. The standard InChI is InChI=1S/C20H28N2O3/c1-5-9-12-24-19-18(25-15(6-2)7-3)16-11-10-14(21-8-4)13-17(16)22-20(19)23/h6,10-11,13,21H,5,7-9,12H2,1-4H3,(H,22,23). The fourth-order valence-electron chi connectivity index (χ4n) is 2.58. The van der Waals surface area contributed by atoms with Crippen LogP contribution in [0.2, 0.25) is 0 Å². The van der Waals surface area contributed by atoms with Crippen molar-refractivity contribution in [3.63, 3.8) is 0 Å². The lowest BCUT2D eigenvalue weighted by atomic mass is 10.1. The monoisotopic (exact) mass is 344 g/mol. The molecule has 0 radical (unpaired) electrons. The van der Waals surface area contributed by atoms with E-state index >= 15 is 0 Å². The molecule has 0 spiro atoms. The lowest BCUT2D eigenvalue weighted by Crippen LogP contribution is -2.14. The van der Waals surface area contributed by atoms with Crippen LogP contribution in [0.1, 0.15) is 47.0 Å². The third-order valence-electron chi connectivity index (χ3n) is 3.95. The number of aromatic nitrogens is 1. The van der Waals surface area contributed by atoms with Crippen LogP contribution < -0.4 is 20.3 Å². The summed E-state index contributed by atoms with van der Waals surface area (Å²) in [6.45, 7) is 9.37. The zero-order chi connectivity index (χ0) is 18.2. The summed E-state index contributed by atoms with van der Waals surface area (Å²) in [5.74, 6) is 1.56. The number of nitrogens with one attached hydrogen (secondary N) is 2. The van der Waals surface area contributed by atoms with Gasteiger partial charge in [0.2, 0.25) is 5.75 Å². The highest BCUT2D eigenvalue weighted by atomic mass is 16.5. The van der Waals surface area contributed by atoms with Gasteiger partial charge in [0, 0.05) is 24.0 Å². The molecular weight excluding hydrogens is 316 g/mol. The highest BCUT2D eigenvalue weighted by molar-refractivity contribution is 5.89. The van der Waals surface area contributed by atoms with E-state index < -0.39 is 0 Å². The first-order valence-corrected chi connectivity index (χ1v) is 9.04. The first-order valence-electron chi connectivity index (χ1n) is 9.04. The van der Waals surface area contributed by atoms with Crippen molar-refractivity contribution in [2.24, 2.45) is 0 Å². The number of unbranched alkanes of at least 4 members (excludes halogenated alkanes) is 1. The van der Waals surface area contributed by atoms with Crippen molar-refractivity contribution in [3.8, 4) is 11.5 Å². The Morgan fingerprint density at radius 3 is 2.68 bits per heavy atom. The third-order valence-corrected chi connectivity index (χ3v) is 3.95. The van der Waals surface area contributed by atoms with Gasteiger partial charge in [-0.3, -0.25) is 4.79 Å². The topological polar surface area (TPSA) is 63.4 Å². The summed E-state index contributed by atoms with van der Waals surface area (Å²) in [6.07, 6.45) is 4.55. The fraction of sp³-hybridized carbons (Fsp3) is 0.450. The van der Waals surface area contributed by atoms with Crippen LogP contribution in [0.25, 0.3) is 10.9 Å². The van der Waals surface area contributed by atoms with Gasteiger partial charge >= 0.3 is 0 Å². The van der Waals surface area contributed by atoms with E-state index in [2.05, 4.69) is 17.2 Å². The lowest BCUT2D eigenvalue weighted by molar-refractivity contribution is 0.286. The highest BCUT2D eigenvalue weighted by Crippen LogP contribution is 2.34. The van der Waals surface area contributed by atoms with Crippen molar-refractivity contribution >= 4 is 16.6 Å². The Balaban J connectivity index is 2.57. The van der Waals surface area contributed by atoms with Gasteiger partial charge < -0.3 is 19.8 Å². The van der Waals surface area contributed by atoms with Crippen LogP contribution in [0.15, 0.2) is 34.8 Å². The minimum absolute atomic E-state index is 0.255. The van der Waals surface area contributed by atoms with Gasteiger partial charge in [-0.1, -0.05) is 20.3 Å². The number of benzene rings is 1. The van der Waals surface area contributed by atoms with Crippen molar-refractivity contribution in [3.05, 3.63) is 40.4 Å². The smallest absolute Gasteiger partial charge is 0.294 e. The summed E-state index contributed by atoms with van der Waals surface area (Å²) in [6, 6.07) is 5.85. The Labute approximate surface area is 149 Å². The normalized spacial score (nSPS) is 11.6. The summed E-state index contributed by atoms with van der Waals surface area (Å²) in [7, 11) is 0. The van der Waals surface area contributed by atoms with E-state index in [9.17, 15) is 4.79 Å².